The Morgan fingerprint density at radius 1 is 0.538 bits per heavy atom. The molecule has 0 spiro atoms. The van der Waals surface area contributed by atoms with Gasteiger partial charge in [0.15, 0.2) is 0 Å². The van der Waals surface area contributed by atoms with Crippen molar-refractivity contribution < 1.29 is 54.6 Å². The first-order valence-corrected chi connectivity index (χ1v) is 2.45. The van der Waals surface area contributed by atoms with Crippen molar-refractivity contribution in [2.75, 3.05) is 12.5 Å². The fourth-order valence-electron chi connectivity index (χ4n) is 0. The Morgan fingerprint density at radius 3 is 0.538 bits per heavy atom. The van der Waals surface area contributed by atoms with Gasteiger partial charge in [-0.15, -0.1) is 0 Å². The number of thiol groups is 4. The molecule has 0 saturated carbocycles. The van der Waals surface area contributed by atoms with Gasteiger partial charge < -0.3 is 94.1 Å². The minimum atomic E-state index is 0. The average molecular weight is 470 g/mol. The molecule has 0 bridgehead atoms. The summed E-state index contributed by atoms with van der Waals surface area (Å²) in [5.74, 6) is 0. The maximum Gasteiger partial charge on any atom is 4.00 e. The molecule has 0 nitrogen and oxygen atoms in total. The third kappa shape index (κ3) is 208. The summed E-state index contributed by atoms with van der Waals surface area (Å²) < 4.78 is 0. The van der Waals surface area contributed by atoms with Crippen LogP contribution in [0.25, 0.3) is 0 Å². The Balaban J connectivity index is -0.000000000404. The van der Waals surface area contributed by atoms with Gasteiger partial charge in [-0.3, -0.25) is 0 Å². The monoisotopic (exact) mass is 472 g/mol. The first-order chi connectivity index (χ1) is 2.00. The molecule has 0 aromatic carbocycles. The molecule has 0 atom stereocenters. The summed E-state index contributed by atoms with van der Waals surface area (Å²) in [6, 6.07) is 0. The van der Waals surface area contributed by atoms with Gasteiger partial charge in [-0.25, -0.2) is 0 Å². The van der Waals surface area contributed by atoms with E-state index in [1.807, 2.05) is 0 Å². The Labute approximate surface area is 159 Å². The van der Waals surface area contributed by atoms with Crippen molar-refractivity contribution in [2.24, 2.45) is 0 Å². The van der Waals surface area contributed by atoms with Gasteiger partial charge in [0.25, 0.3) is 0 Å². The van der Waals surface area contributed by atoms with Crippen molar-refractivity contribution in [2.45, 2.75) is 0 Å². The minimum Gasteiger partial charge on any atom is -0.813 e. The Bertz CT molecular complexity index is 22.6. The molecular weight excluding hydrogens is 454 g/mol. The maximum absolute atomic E-state index is 4.08. The molecule has 0 amide bonds. The number of hydrogen-bond acceptors (Lipinski definition) is 6. The topological polar surface area (TPSA) is 0 Å². The normalized spacial score (nSPS) is 0.923. The van der Waals surface area contributed by atoms with Gasteiger partial charge in [-0.1, -0.05) is 0 Å². The molecule has 0 aliphatic heterocycles. The van der Waals surface area contributed by atoms with Crippen LogP contribution in [-0.2, 0) is 134 Å². The van der Waals surface area contributed by atoms with Crippen molar-refractivity contribution >= 4 is 79.2 Å². The van der Waals surface area contributed by atoms with E-state index in [0.29, 0.717) is 0 Å². The van der Waals surface area contributed by atoms with Crippen LogP contribution in [0.2, 0.25) is 0 Å². The number of hydrogen-bond donors (Lipinski definition) is 0. The largest absolute Gasteiger partial charge is 4.00 e. The van der Waals surface area contributed by atoms with E-state index in [9.17, 15) is 0 Å². The zero-order chi connectivity index (χ0) is 4.00. The van der Waals surface area contributed by atoms with E-state index in [-0.39, 0.29) is 123 Å². The van der Waals surface area contributed by atoms with Crippen LogP contribution in [-0.4, -0.2) is 12.5 Å². The molecule has 0 fully saturated rings. The van der Waals surface area contributed by atoms with Crippen LogP contribution in [0.15, 0.2) is 0 Å². The van der Waals surface area contributed by atoms with Crippen LogP contribution in [0, 0.1) is 14.9 Å². The Hall–Kier alpha value is 3.80. The van der Waals surface area contributed by atoms with Crippen LogP contribution in [0.5, 0.6) is 0 Å². The first kappa shape index (κ1) is 125. The van der Waals surface area contributed by atoms with Gasteiger partial charge in [0.05, 0.1) is 0 Å². The molecule has 0 unspecified atom stereocenters. The summed E-state index contributed by atoms with van der Waals surface area (Å²) in [5.41, 5.74) is 0. The van der Waals surface area contributed by atoms with Crippen LogP contribution >= 0.6 is 0 Å². The third-order valence-corrected chi connectivity index (χ3v) is 0. The second-order valence-electron chi connectivity index (χ2n) is 0. The van der Waals surface area contributed by atoms with E-state index >= 15 is 0 Å². The summed E-state index contributed by atoms with van der Waals surface area (Å²) in [5, 5.41) is 0. The van der Waals surface area contributed by atoms with E-state index in [1.165, 1.54) is 0 Å². The second kappa shape index (κ2) is 240. The van der Waals surface area contributed by atoms with Gasteiger partial charge in [-0.2, -0.15) is 12.5 Å². The van der Waals surface area contributed by atoms with Gasteiger partial charge >= 0.3 is 54.6 Å². The Kier molecular flexibility index (Phi) is 2300. The summed E-state index contributed by atoms with van der Waals surface area (Å²) in [6.07, 6.45) is 3.17. The van der Waals surface area contributed by atoms with Gasteiger partial charge in [0.1, 0.15) is 0 Å². The van der Waals surface area contributed by atoms with E-state index in [2.05, 4.69) is 25.3 Å². The van der Waals surface area contributed by atoms with Crippen LogP contribution in [0.3, 0.4) is 0 Å². The van der Waals surface area contributed by atoms with Crippen molar-refractivity contribution in [1.29, 1.82) is 0 Å². The SMILES string of the molecule is C[S-].C[S-].[CH3-].[CH3-].[Co+2].[Co+2].[Mo+4].[SH-].[SH-].[SH-].[SH-]. The molecule has 0 aromatic heterocycles. The Morgan fingerprint density at radius 2 is 0.538 bits per heavy atom. The molecule has 0 aromatic rings. The summed E-state index contributed by atoms with van der Waals surface area (Å²) >= 11 is 8.17. The minimum absolute atomic E-state index is 0. The zero-order valence-corrected chi connectivity index (χ0v) is 17.0. The molecule has 2 radical (unpaired) electrons. The maximum atomic E-state index is 4.08. The average Bonchev–Trinajstić information content (AvgIpc) is 1.50. The fraction of sp³-hybridized carbons (Fsp3) is 0.500. The van der Waals surface area contributed by atoms with Crippen LogP contribution < -0.4 is 0 Å². The zero-order valence-electron chi connectivity index (χ0n) is 7.68. The van der Waals surface area contributed by atoms with E-state index in [4.69, 9.17) is 0 Å². The molecule has 0 heterocycles. The van der Waals surface area contributed by atoms with Crippen LogP contribution in [0.1, 0.15) is 0 Å². The molecule has 0 aliphatic carbocycles. The van der Waals surface area contributed by atoms with E-state index in [1.54, 1.807) is 12.5 Å². The van der Waals surface area contributed by atoms with Crippen molar-refractivity contribution in [3.8, 4) is 0 Å². The summed E-state index contributed by atoms with van der Waals surface area (Å²) in [4.78, 5) is 0. The molecule has 0 N–H and O–H groups in total. The van der Waals surface area contributed by atoms with Crippen molar-refractivity contribution in [3.05, 3.63) is 14.9 Å². The van der Waals surface area contributed by atoms with E-state index < -0.39 is 0 Å². The van der Waals surface area contributed by atoms with Gasteiger partial charge in [-0.05, 0) is 0 Å². The molecule has 0 saturated heterocycles. The fourth-order valence-corrected chi connectivity index (χ4v) is 0. The predicted octanol–water partition coefficient (Wildman–Crippen LogP) is 0.139. The second-order valence-corrected chi connectivity index (χ2v) is 0. The third-order valence-electron chi connectivity index (χ3n) is 0. The number of rotatable bonds is 0. The quantitative estimate of drug-likeness (QED) is 0.212. The standard InChI is InChI=1S/2CH4S.2CH3.2Co.Mo.4H2S/c2*1-2;;;;;;;;;/h2*2H,1H3;2*1H3;;;;4*1H2/q;;2*-1;2*+2;+4;;;;/p-6. The molecule has 0 rings (SSSR count). The van der Waals surface area contributed by atoms with Gasteiger partial charge in [0.2, 0.25) is 0 Å². The summed E-state index contributed by atoms with van der Waals surface area (Å²) in [7, 11) is 0. The van der Waals surface area contributed by atoms with E-state index in [0.717, 1.165) is 0 Å². The first-order valence-electron chi connectivity index (χ1n) is 0.816. The van der Waals surface area contributed by atoms with Gasteiger partial charge in [0, 0.05) is 0 Å². The van der Waals surface area contributed by atoms with Crippen molar-refractivity contribution in [1.82, 2.24) is 0 Å². The molecular formula is C4H16Co2MoS6. The van der Waals surface area contributed by atoms with Crippen LogP contribution in [0.4, 0.5) is 0 Å². The molecule has 9 heteroatoms. The predicted molar refractivity (Wildman–Crippen MR) is 74.4 cm³/mol. The molecule has 13 heavy (non-hydrogen) atoms. The molecule has 0 aliphatic rings. The molecule has 92 valence electrons. The summed E-state index contributed by atoms with van der Waals surface area (Å²) in [6.45, 7) is 0. The smallest absolute Gasteiger partial charge is 0.813 e. The van der Waals surface area contributed by atoms with Crippen molar-refractivity contribution in [3.63, 3.8) is 0 Å².